The lowest BCUT2D eigenvalue weighted by molar-refractivity contribution is -0.104. The van der Waals surface area contributed by atoms with Gasteiger partial charge in [0.1, 0.15) is 0 Å². The van der Waals surface area contributed by atoms with Crippen LogP contribution in [0.4, 0.5) is 0 Å². The number of halogens is 1. The van der Waals surface area contributed by atoms with Crippen molar-refractivity contribution in [3.8, 4) is 0 Å². The van der Waals surface area contributed by atoms with E-state index in [9.17, 15) is 4.79 Å². The fourth-order valence-corrected chi connectivity index (χ4v) is 1.48. The molecule has 1 aliphatic rings. The summed E-state index contributed by atoms with van der Waals surface area (Å²) in [5.41, 5.74) is 0.480. The van der Waals surface area contributed by atoms with Crippen LogP contribution in [-0.4, -0.2) is 24.1 Å². The fourth-order valence-electron chi connectivity index (χ4n) is 0.980. The predicted octanol–water partition coefficient (Wildman–Crippen LogP) is 1.84. The highest BCUT2D eigenvalue weighted by atomic mass is 79.9. The molecule has 0 aliphatic carbocycles. The third kappa shape index (κ3) is 2.81. The van der Waals surface area contributed by atoms with Crippen molar-refractivity contribution in [1.29, 1.82) is 0 Å². The van der Waals surface area contributed by atoms with E-state index < -0.39 is 0 Å². The summed E-state index contributed by atoms with van der Waals surface area (Å²) in [6, 6.07) is 0. The van der Waals surface area contributed by atoms with Crippen LogP contribution >= 0.6 is 15.9 Å². The van der Waals surface area contributed by atoms with Gasteiger partial charge in [0.2, 0.25) is 5.90 Å². The number of nitrogens with zero attached hydrogens (tertiary/aromatic N) is 1. The topological polar surface area (TPSA) is 38.7 Å². The Labute approximate surface area is 85.3 Å². The van der Waals surface area contributed by atoms with Crippen LogP contribution in [-0.2, 0) is 9.53 Å². The number of alkyl halides is 1. The Kier molecular flexibility index (Phi) is 3.89. The Hall–Kier alpha value is -0.900. The van der Waals surface area contributed by atoms with E-state index in [0.717, 1.165) is 12.7 Å². The van der Waals surface area contributed by atoms with Crippen molar-refractivity contribution in [1.82, 2.24) is 0 Å². The van der Waals surface area contributed by atoms with Crippen molar-refractivity contribution in [2.24, 2.45) is 4.99 Å². The first-order chi connectivity index (χ1) is 6.27. The molecule has 0 fully saturated rings. The molecule has 0 aromatic heterocycles. The van der Waals surface area contributed by atoms with E-state index in [1.165, 1.54) is 7.11 Å². The van der Waals surface area contributed by atoms with Gasteiger partial charge in [0, 0.05) is 11.0 Å². The van der Waals surface area contributed by atoms with Crippen LogP contribution in [0.25, 0.3) is 0 Å². The van der Waals surface area contributed by atoms with Gasteiger partial charge in [-0.15, -0.1) is 0 Å². The van der Waals surface area contributed by atoms with Gasteiger partial charge in [0.15, 0.2) is 6.29 Å². The molecule has 1 rings (SSSR count). The molecule has 0 saturated carbocycles. The molecule has 70 valence electrons. The van der Waals surface area contributed by atoms with E-state index in [-0.39, 0.29) is 4.83 Å². The van der Waals surface area contributed by atoms with E-state index in [1.807, 2.05) is 6.08 Å². The van der Waals surface area contributed by atoms with Gasteiger partial charge >= 0.3 is 0 Å². The van der Waals surface area contributed by atoms with Gasteiger partial charge in [-0.25, -0.2) is 4.99 Å². The normalized spacial score (nSPS) is 32.9. The Morgan fingerprint density at radius 2 is 2.54 bits per heavy atom. The summed E-state index contributed by atoms with van der Waals surface area (Å²) < 4.78 is 4.96. The fraction of sp³-hybridized carbons (Fsp3) is 0.333. The minimum atomic E-state index is 0.157. The third-order valence-electron chi connectivity index (χ3n) is 1.59. The number of hydrogen-bond acceptors (Lipinski definition) is 3. The van der Waals surface area contributed by atoms with Gasteiger partial charge in [-0.2, -0.15) is 0 Å². The van der Waals surface area contributed by atoms with Crippen molar-refractivity contribution >= 4 is 28.1 Å². The monoisotopic (exact) mass is 243 g/mol. The lowest BCUT2D eigenvalue weighted by atomic mass is 10.2. The molecule has 0 aromatic rings. The molecule has 1 aliphatic heterocycles. The summed E-state index contributed by atoms with van der Waals surface area (Å²) in [5.74, 6) is 0.357. The summed E-state index contributed by atoms with van der Waals surface area (Å²) in [4.78, 5) is 14.8. The van der Waals surface area contributed by atoms with E-state index in [2.05, 4.69) is 20.9 Å². The molecule has 1 heterocycles. The highest BCUT2D eigenvalue weighted by Gasteiger charge is 2.10. The van der Waals surface area contributed by atoms with E-state index in [4.69, 9.17) is 4.74 Å². The molecule has 1 unspecified atom stereocenters. The van der Waals surface area contributed by atoms with Gasteiger partial charge in [-0.05, 0) is 6.42 Å². The molecule has 0 radical (unpaired) electrons. The average molecular weight is 244 g/mol. The number of aldehydes is 1. The molecule has 13 heavy (non-hydrogen) atoms. The van der Waals surface area contributed by atoms with Crippen molar-refractivity contribution in [3.63, 3.8) is 0 Å². The van der Waals surface area contributed by atoms with Gasteiger partial charge in [-0.3, -0.25) is 4.79 Å². The highest BCUT2D eigenvalue weighted by molar-refractivity contribution is 9.09. The second-order valence-corrected chi connectivity index (χ2v) is 3.69. The molecular weight excluding hydrogens is 234 g/mol. The third-order valence-corrected chi connectivity index (χ3v) is 2.22. The predicted molar refractivity (Wildman–Crippen MR) is 55.1 cm³/mol. The molecular formula is C9H10BrNO2. The number of hydrogen-bond donors (Lipinski definition) is 0. The highest BCUT2D eigenvalue weighted by Crippen LogP contribution is 2.13. The van der Waals surface area contributed by atoms with E-state index in [0.29, 0.717) is 11.5 Å². The number of rotatable bonds is 1. The maximum atomic E-state index is 10.7. The minimum absolute atomic E-state index is 0.157. The Morgan fingerprint density at radius 3 is 3.15 bits per heavy atom. The van der Waals surface area contributed by atoms with Crippen molar-refractivity contribution in [3.05, 3.63) is 23.9 Å². The number of carbonyl (C=O) groups is 1. The summed E-state index contributed by atoms with van der Waals surface area (Å²) in [6.07, 6.45) is 6.91. The van der Waals surface area contributed by atoms with E-state index in [1.54, 1.807) is 12.3 Å². The Balaban J connectivity index is 3.00. The maximum Gasteiger partial charge on any atom is 0.223 e. The lowest BCUT2D eigenvalue weighted by Gasteiger charge is -2.07. The second kappa shape index (κ2) is 4.97. The average Bonchev–Trinajstić information content (AvgIpc) is 2.11. The summed E-state index contributed by atoms with van der Waals surface area (Å²) in [6.45, 7) is 0. The Morgan fingerprint density at radius 1 is 1.77 bits per heavy atom. The number of ether oxygens (including phenoxy) is 1. The van der Waals surface area contributed by atoms with Crippen LogP contribution in [0, 0.1) is 0 Å². The quantitative estimate of drug-likeness (QED) is 0.521. The molecule has 3 nitrogen and oxygen atoms in total. The van der Waals surface area contributed by atoms with Gasteiger partial charge in [-0.1, -0.05) is 28.1 Å². The number of carbonyl (C=O) groups excluding carboxylic acids is 1. The molecule has 1 atom stereocenters. The number of aliphatic imine (C=N–C) groups is 1. The summed E-state index contributed by atoms with van der Waals surface area (Å²) in [7, 11) is 1.49. The van der Waals surface area contributed by atoms with Crippen LogP contribution in [0.1, 0.15) is 6.42 Å². The van der Waals surface area contributed by atoms with Crippen LogP contribution in [0.3, 0.4) is 0 Å². The van der Waals surface area contributed by atoms with Gasteiger partial charge < -0.3 is 4.74 Å². The first-order valence-corrected chi connectivity index (χ1v) is 4.77. The van der Waals surface area contributed by atoms with Crippen molar-refractivity contribution in [2.45, 2.75) is 11.2 Å². The molecule has 0 bridgehead atoms. The molecule has 0 saturated heterocycles. The maximum absolute atomic E-state index is 10.7. The lowest BCUT2D eigenvalue weighted by Crippen LogP contribution is -2.10. The summed E-state index contributed by atoms with van der Waals surface area (Å²) in [5, 5.41) is 0. The van der Waals surface area contributed by atoms with Crippen LogP contribution in [0.2, 0.25) is 0 Å². The molecule has 0 N–H and O–H groups in total. The first-order valence-electron chi connectivity index (χ1n) is 3.86. The van der Waals surface area contributed by atoms with E-state index >= 15 is 0 Å². The molecule has 0 aromatic carbocycles. The van der Waals surface area contributed by atoms with Crippen molar-refractivity contribution < 1.29 is 9.53 Å². The first kappa shape index (κ1) is 10.2. The zero-order valence-corrected chi connectivity index (χ0v) is 8.82. The minimum Gasteiger partial charge on any atom is -0.480 e. The smallest absolute Gasteiger partial charge is 0.223 e. The van der Waals surface area contributed by atoms with Crippen LogP contribution < -0.4 is 0 Å². The zero-order chi connectivity index (χ0) is 9.68. The van der Waals surface area contributed by atoms with Crippen LogP contribution in [0.5, 0.6) is 0 Å². The van der Waals surface area contributed by atoms with Gasteiger partial charge in [0.05, 0.1) is 12.7 Å². The Bertz CT molecular complexity index is 281. The second-order valence-electron chi connectivity index (χ2n) is 2.51. The SMILES string of the molecule is COC1=N/C=C/CC(Br)/C=C\1C=O. The van der Waals surface area contributed by atoms with Crippen molar-refractivity contribution in [2.75, 3.05) is 7.11 Å². The molecule has 0 amide bonds. The molecule has 0 spiro atoms. The standard InChI is InChI=1S/C9H10BrNO2/c1-13-9-7(6-12)5-8(10)3-2-4-11-9/h2,4-6,8H,3H2,1H3/b4-2+,7-5-,11-9+. The van der Waals surface area contributed by atoms with Crippen LogP contribution in [0.15, 0.2) is 28.9 Å². The number of methoxy groups -OCH3 is 1. The summed E-state index contributed by atoms with van der Waals surface area (Å²) >= 11 is 3.41. The molecule has 4 heteroatoms. The van der Waals surface area contributed by atoms with Gasteiger partial charge in [0.25, 0.3) is 0 Å². The zero-order valence-electron chi connectivity index (χ0n) is 7.24. The number of allylic oxidation sites excluding steroid dienone is 2. The largest absolute Gasteiger partial charge is 0.480 e.